The molecule has 1 aromatic rings. The van der Waals surface area contributed by atoms with Crippen LogP contribution in [0.4, 0.5) is 17.5 Å². The summed E-state index contributed by atoms with van der Waals surface area (Å²) in [4.78, 5) is 20.9. The van der Waals surface area contributed by atoms with Gasteiger partial charge >= 0.3 is 5.69 Å². The smallest absolute Gasteiger partial charge is 0.329 e. The zero-order chi connectivity index (χ0) is 15.1. The molecule has 0 aliphatic carbocycles. The highest BCUT2D eigenvalue weighted by molar-refractivity contribution is 5.58. The van der Waals surface area contributed by atoms with Gasteiger partial charge in [-0.15, -0.1) is 0 Å². The van der Waals surface area contributed by atoms with E-state index in [-0.39, 0.29) is 5.69 Å². The number of hydrogen-bond acceptors (Lipinski definition) is 6. The van der Waals surface area contributed by atoms with E-state index >= 15 is 0 Å². The van der Waals surface area contributed by atoms with Crippen LogP contribution in [0.25, 0.3) is 0 Å². The van der Waals surface area contributed by atoms with Crippen LogP contribution in [0.1, 0.15) is 34.1 Å². The van der Waals surface area contributed by atoms with Crippen LogP contribution in [0, 0.1) is 16.0 Å². The van der Waals surface area contributed by atoms with Gasteiger partial charge < -0.3 is 10.2 Å². The first-order valence-electron chi connectivity index (χ1n) is 7.03. The predicted octanol–water partition coefficient (Wildman–Crippen LogP) is 2.69. The van der Waals surface area contributed by atoms with Gasteiger partial charge in [0.2, 0.25) is 11.8 Å². The molecule has 0 amide bonds. The average Bonchev–Trinajstić information content (AvgIpc) is 2.44. The maximum Gasteiger partial charge on any atom is 0.329 e. The Balaban J connectivity index is 3.14. The van der Waals surface area contributed by atoms with Crippen LogP contribution < -0.4 is 10.2 Å². The van der Waals surface area contributed by atoms with E-state index in [0.29, 0.717) is 30.8 Å². The fraction of sp³-hybridized carbons (Fsp3) is 0.692. The van der Waals surface area contributed by atoms with Crippen molar-refractivity contribution in [3.8, 4) is 0 Å². The average molecular weight is 281 g/mol. The van der Waals surface area contributed by atoms with Gasteiger partial charge in [-0.1, -0.05) is 20.3 Å². The lowest BCUT2D eigenvalue weighted by atomic mass is 10.1. The summed E-state index contributed by atoms with van der Waals surface area (Å²) >= 11 is 0. The predicted molar refractivity (Wildman–Crippen MR) is 80.2 cm³/mol. The van der Waals surface area contributed by atoms with E-state index in [9.17, 15) is 10.1 Å². The first kappa shape index (κ1) is 16.1. The van der Waals surface area contributed by atoms with Gasteiger partial charge in [0.25, 0.3) is 0 Å². The number of nitrogens with zero attached hydrogens (tertiary/aromatic N) is 4. The highest BCUT2D eigenvalue weighted by Crippen LogP contribution is 2.27. The van der Waals surface area contributed by atoms with E-state index in [1.165, 1.54) is 6.20 Å². The number of rotatable bonds is 8. The third kappa shape index (κ3) is 4.04. The second-order valence-electron chi connectivity index (χ2n) is 4.74. The number of nitro groups is 1. The van der Waals surface area contributed by atoms with Gasteiger partial charge in [0.05, 0.1) is 4.92 Å². The minimum Gasteiger partial charge on any atom is -0.354 e. The summed E-state index contributed by atoms with van der Waals surface area (Å²) in [6.07, 6.45) is 2.30. The Labute approximate surface area is 119 Å². The third-order valence-corrected chi connectivity index (χ3v) is 3.19. The van der Waals surface area contributed by atoms with Crippen molar-refractivity contribution >= 4 is 17.5 Å². The molecule has 1 N–H and O–H groups in total. The van der Waals surface area contributed by atoms with Crippen molar-refractivity contribution in [2.45, 2.75) is 34.1 Å². The van der Waals surface area contributed by atoms with E-state index < -0.39 is 4.92 Å². The Morgan fingerprint density at radius 3 is 2.65 bits per heavy atom. The summed E-state index contributed by atoms with van der Waals surface area (Å²) < 4.78 is 0. The molecule has 1 atom stereocenters. The zero-order valence-corrected chi connectivity index (χ0v) is 12.6. The molecule has 0 fully saturated rings. The molecule has 0 aliphatic rings. The number of aromatic nitrogens is 2. The molecule has 0 aliphatic heterocycles. The van der Waals surface area contributed by atoms with Crippen molar-refractivity contribution in [3.63, 3.8) is 0 Å². The molecule has 7 nitrogen and oxygen atoms in total. The van der Waals surface area contributed by atoms with Crippen LogP contribution in [0.15, 0.2) is 6.20 Å². The monoisotopic (exact) mass is 281 g/mol. The summed E-state index contributed by atoms with van der Waals surface area (Å²) in [6.45, 7) is 10.2. The van der Waals surface area contributed by atoms with Gasteiger partial charge in [-0.25, -0.2) is 4.98 Å². The van der Waals surface area contributed by atoms with Gasteiger partial charge in [-0.2, -0.15) is 4.98 Å². The van der Waals surface area contributed by atoms with E-state index in [1.807, 2.05) is 18.7 Å². The summed E-state index contributed by atoms with van der Waals surface area (Å²) in [5.41, 5.74) is -0.0446. The fourth-order valence-electron chi connectivity index (χ4n) is 1.84. The topological polar surface area (TPSA) is 84.2 Å². The number of anilines is 2. The molecule has 0 saturated carbocycles. The first-order valence-corrected chi connectivity index (χ1v) is 7.03. The fourth-order valence-corrected chi connectivity index (χ4v) is 1.84. The molecule has 0 aromatic carbocycles. The van der Waals surface area contributed by atoms with Crippen molar-refractivity contribution in [3.05, 3.63) is 16.3 Å². The van der Waals surface area contributed by atoms with E-state index in [2.05, 4.69) is 29.1 Å². The lowest BCUT2D eigenvalue weighted by Crippen LogP contribution is -2.30. The lowest BCUT2D eigenvalue weighted by molar-refractivity contribution is -0.384. The van der Waals surface area contributed by atoms with Gasteiger partial charge in [-0.3, -0.25) is 10.1 Å². The van der Waals surface area contributed by atoms with Crippen LogP contribution in [-0.2, 0) is 0 Å². The molecule has 20 heavy (non-hydrogen) atoms. The van der Waals surface area contributed by atoms with Gasteiger partial charge in [-0.05, 0) is 19.8 Å². The van der Waals surface area contributed by atoms with Crippen LogP contribution >= 0.6 is 0 Å². The van der Waals surface area contributed by atoms with Crippen molar-refractivity contribution in [1.29, 1.82) is 0 Å². The number of hydrogen-bond donors (Lipinski definition) is 1. The summed E-state index contributed by atoms with van der Waals surface area (Å²) in [6, 6.07) is 0. The zero-order valence-electron chi connectivity index (χ0n) is 12.6. The summed E-state index contributed by atoms with van der Waals surface area (Å²) in [5.74, 6) is 1.27. The van der Waals surface area contributed by atoms with Gasteiger partial charge in [0.1, 0.15) is 6.20 Å². The van der Waals surface area contributed by atoms with Gasteiger partial charge in [0, 0.05) is 19.6 Å². The Morgan fingerprint density at radius 1 is 1.45 bits per heavy atom. The molecule has 1 unspecified atom stereocenters. The van der Waals surface area contributed by atoms with E-state index in [0.717, 1.165) is 13.0 Å². The van der Waals surface area contributed by atoms with Crippen LogP contribution in [0.2, 0.25) is 0 Å². The maximum absolute atomic E-state index is 11.1. The Kier molecular flexibility index (Phi) is 6.14. The van der Waals surface area contributed by atoms with Crippen LogP contribution in [-0.4, -0.2) is 34.5 Å². The molecule has 0 saturated heterocycles. The molecule has 0 bridgehead atoms. The molecular weight excluding hydrogens is 258 g/mol. The largest absolute Gasteiger partial charge is 0.354 e. The van der Waals surface area contributed by atoms with E-state index in [4.69, 9.17) is 0 Å². The second-order valence-corrected chi connectivity index (χ2v) is 4.74. The standard InChI is InChI=1S/C13H23N5O2/c1-5-10(4)9-17(7-3)12-11(18(19)20)8-15-13(16-12)14-6-2/h8,10H,5-7,9H2,1-4H3,(H,14,15,16). The quantitative estimate of drug-likeness (QED) is 0.582. The summed E-state index contributed by atoms with van der Waals surface area (Å²) in [5, 5.41) is 14.1. The highest BCUT2D eigenvalue weighted by Gasteiger charge is 2.22. The number of nitrogens with one attached hydrogen (secondary N) is 1. The molecule has 1 aromatic heterocycles. The SMILES string of the molecule is CCNc1ncc([N+](=O)[O-])c(N(CC)CC(C)CC)n1. The molecule has 0 spiro atoms. The Bertz CT molecular complexity index is 452. The first-order chi connectivity index (χ1) is 9.53. The summed E-state index contributed by atoms with van der Waals surface area (Å²) in [7, 11) is 0. The van der Waals surface area contributed by atoms with Crippen molar-refractivity contribution < 1.29 is 4.92 Å². The molecule has 112 valence electrons. The van der Waals surface area contributed by atoms with Crippen molar-refractivity contribution in [2.75, 3.05) is 29.9 Å². The minimum absolute atomic E-state index is 0.0446. The molecule has 1 heterocycles. The molecule has 7 heteroatoms. The normalized spacial score (nSPS) is 12.0. The van der Waals surface area contributed by atoms with Gasteiger partial charge in [0.15, 0.2) is 0 Å². The molecule has 1 rings (SSSR count). The van der Waals surface area contributed by atoms with E-state index in [1.54, 1.807) is 0 Å². The van der Waals surface area contributed by atoms with Crippen LogP contribution in [0.3, 0.4) is 0 Å². The third-order valence-electron chi connectivity index (χ3n) is 3.19. The van der Waals surface area contributed by atoms with Crippen LogP contribution in [0.5, 0.6) is 0 Å². The maximum atomic E-state index is 11.1. The Hall–Kier alpha value is -1.92. The van der Waals surface area contributed by atoms with Crippen molar-refractivity contribution in [2.24, 2.45) is 5.92 Å². The van der Waals surface area contributed by atoms with Crippen molar-refractivity contribution in [1.82, 2.24) is 9.97 Å². The Morgan fingerprint density at radius 2 is 2.15 bits per heavy atom. The molecular formula is C13H23N5O2. The second kappa shape index (κ2) is 7.62. The minimum atomic E-state index is -0.426. The highest BCUT2D eigenvalue weighted by atomic mass is 16.6. The lowest BCUT2D eigenvalue weighted by Gasteiger charge is -2.24. The molecule has 0 radical (unpaired) electrons.